The standard InChI is InChI=1S/C48H33N3O/c1-48(2)39-20-10-9-17-36(39)43-38(19-11-21-40(43)48)47-50-45(32-15-7-4-8-16-32)49-46(51-47)33-25-23-30(24-26-33)34-27-28-37-42(29-34)52-41-22-12-18-35(44(37)41)31-13-5-3-6-14-31/h3-29H,1-2H3. The molecule has 0 atom stereocenters. The van der Waals surface area contributed by atoms with Crippen molar-refractivity contribution in [1.29, 1.82) is 0 Å². The van der Waals surface area contributed by atoms with Crippen molar-refractivity contribution in [3.05, 3.63) is 175 Å². The second-order valence-corrected chi connectivity index (χ2v) is 14.0. The third kappa shape index (κ3) is 4.79. The number of aromatic nitrogens is 3. The van der Waals surface area contributed by atoms with E-state index in [1.165, 1.54) is 33.4 Å². The molecule has 4 heteroatoms. The fourth-order valence-electron chi connectivity index (χ4n) is 7.96. The summed E-state index contributed by atoms with van der Waals surface area (Å²) in [7, 11) is 0. The fraction of sp³-hybridized carbons (Fsp3) is 0.0625. The molecule has 0 amide bonds. The highest BCUT2D eigenvalue weighted by atomic mass is 16.3. The predicted molar refractivity (Wildman–Crippen MR) is 212 cm³/mol. The summed E-state index contributed by atoms with van der Waals surface area (Å²) in [6, 6.07) is 57.1. The fourth-order valence-corrected chi connectivity index (χ4v) is 7.96. The normalized spacial score (nSPS) is 13.0. The molecule has 10 rings (SSSR count). The van der Waals surface area contributed by atoms with E-state index in [0.717, 1.165) is 49.8 Å². The van der Waals surface area contributed by atoms with Crippen LogP contribution in [0.4, 0.5) is 0 Å². The van der Waals surface area contributed by atoms with Crippen LogP contribution in [0.3, 0.4) is 0 Å². The third-order valence-corrected chi connectivity index (χ3v) is 10.6. The van der Waals surface area contributed by atoms with Gasteiger partial charge in [-0.05, 0) is 62.7 Å². The van der Waals surface area contributed by atoms with E-state index in [0.29, 0.717) is 17.5 Å². The Kier molecular flexibility index (Phi) is 6.80. The molecule has 1 aliphatic carbocycles. The van der Waals surface area contributed by atoms with Gasteiger partial charge in [0.15, 0.2) is 17.5 Å². The topological polar surface area (TPSA) is 51.8 Å². The minimum atomic E-state index is -0.120. The Morgan fingerprint density at radius 2 is 0.962 bits per heavy atom. The van der Waals surface area contributed by atoms with Gasteiger partial charge in [0.2, 0.25) is 0 Å². The van der Waals surface area contributed by atoms with Crippen molar-refractivity contribution >= 4 is 21.9 Å². The van der Waals surface area contributed by atoms with E-state index in [1.807, 2.05) is 30.3 Å². The molecule has 1 aliphatic rings. The van der Waals surface area contributed by atoms with Crippen molar-refractivity contribution < 1.29 is 4.42 Å². The SMILES string of the molecule is CC1(C)c2ccccc2-c2c(-c3nc(-c4ccccc4)nc(-c4ccc(-c5ccc6c(c5)oc5cccc(-c7ccccc7)c56)cc4)n3)cccc21. The van der Waals surface area contributed by atoms with Crippen LogP contribution in [-0.2, 0) is 5.41 Å². The van der Waals surface area contributed by atoms with Gasteiger partial charge < -0.3 is 4.42 Å². The Morgan fingerprint density at radius 1 is 0.404 bits per heavy atom. The van der Waals surface area contributed by atoms with Gasteiger partial charge in [-0.2, -0.15) is 0 Å². The van der Waals surface area contributed by atoms with Crippen molar-refractivity contribution in [2.75, 3.05) is 0 Å². The lowest BCUT2D eigenvalue weighted by Gasteiger charge is -2.21. The van der Waals surface area contributed by atoms with Gasteiger partial charge in [0.05, 0.1) is 0 Å². The average Bonchev–Trinajstić information content (AvgIpc) is 3.70. The smallest absolute Gasteiger partial charge is 0.164 e. The molecule has 0 radical (unpaired) electrons. The predicted octanol–water partition coefficient (Wildman–Crippen LogP) is 12.4. The molecular weight excluding hydrogens is 635 g/mol. The molecule has 0 N–H and O–H groups in total. The summed E-state index contributed by atoms with van der Waals surface area (Å²) in [5.41, 5.74) is 14.1. The van der Waals surface area contributed by atoms with Gasteiger partial charge in [-0.3, -0.25) is 0 Å². The molecule has 0 spiro atoms. The lowest BCUT2D eigenvalue weighted by molar-refractivity contribution is 0.660. The molecule has 246 valence electrons. The van der Waals surface area contributed by atoms with E-state index in [-0.39, 0.29) is 5.41 Å². The number of hydrogen-bond donors (Lipinski definition) is 0. The first kappa shape index (κ1) is 30.2. The summed E-state index contributed by atoms with van der Waals surface area (Å²) >= 11 is 0. The molecule has 4 nitrogen and oxygen atoms in total. The van der Waals surface area contributed by atoms with Crippen molar-refractivity contribution in [3.8, 4) is 67.5 Å². The first-order valence-corrected chi connectivity index (χ1v) is 17.7. The highest BCUT2D eigenvalue weighted by Gasteiger charge is 2.37. The second-order valence-electron chi connectivity index (χ2n) is 14.0. The number of rotatable bonds is 5. The van der Waals surface area contributed by atoms with E-state index in [2.05, 4.69) is 147 Å². The summed E-state index contributed by atoms with van der Waals surface area (Å²) in [4.78, 5) is 15.3. The molecule has 0 saturated carbocycles. The minimum Gasteiger partial charge on any atom is -0.456 e. The van der Waals surface area contributed by atoms with Crippen LogP contribution in [0, 0.1) is 0 Å². The Labute approximate surface area is 302 Å². The van der Waals surface area contributed by atoms with Gasteiger partial charge in [0.25, 0.3) is 0 Å². The zero-order valence-electron chi connectivity index (χ0n) is 28.8. The number of hydrogen-bond acceptors (Lipinski definition) is 4. The van der Waals surface area contributed by atoms with Crippen LogP contribution >= 0.6 is 0 Å². The Bertz CT molecular complexity index is 2800. The minimum absolute atomic E-state index is 0.120. The highest BCUT2D eigenvalue weighted by molar-refractivity contribution is 6.13. The lowest BCUT2D eigenvalue weighted by atomic mass is 9.82. The Hall–Kier alpha value is -6.65. The molecule has 0 bridgehead atoms. The zero-order valence-corrected chi connectivity index (χ0v) is 28.8. The van der Waals surface area contributed by atoms with Gasteiger partial charge in [0, 0.05) is 32.9 Å². The van der Waals surface area contributed by atoms with Crippen molar-refractivity contribution in [2.24, 2.45) is 0 Å². The summed E-state index contributed by atoms with van der Waals surface area (Å²) in [6.45, 7) is 4.59. The van der Waals surface area contributed by atoms with E-state index in [9.17, 15) is 0 Å². The van der Waals surface area contributed by atoms with Crippen molar-refractivity contribution in [3.63, 3.8) is 0 Å². The maximum Gasteiger partial charge on any atom is 0.164 e. The van der Waals surface area contributed by atoms with Crippen LogP contribution in [-0.4, -0.2) is 15.0 Å². The molecule has 9 aromatic rings. The molecule has 2 aromatic heterocycles. The molecule has 7 aromatic carbocycles. The first-order valence-electron chi connectivity index (χ1n) is 17.7. The summed E-state index contributed by atoms with van der Waals surface area (Å²) in [5.74, 6) is 1.96. The van der Waals surface area contributed by atoms with Gasteiger partial charge in [0.1, 0.15) is 11.2 Å². The maximum atomic E-state index is 6.42. The molecule has 0 fully saturated rings. The second kappa shape index (κ2) is 11.7. The molecule has 2 heterocycles. The quantitative estimate of drug-likeness (QED) is 0.183. The van der Waals surface area contributed by atoms with Crippen LogP contribution < -0.4 is 0 Å². The van der Waals surface area contributed by atoms with E-state index in [4.69, 9.17) is 19.4 Å². The molecule has 0 unspecified atom stereocenters. The highest BCUT2D eigenvalue weighted by Crippen LogP contribution is 2.51. The lowest BCUT2D eigenvalue weighted by Crippen LogP contribution is -2.14. The van der Waals surface area contributed by atoms with Gasteiger partial charge in [-0.15, -0.1) is 0 Å². The van der Waals surface area contributed by atoms with Crippen LogP contribution in [0.1, 0.15) is 25.0 Å². The molecular formula is C48H33N3O. The van der Waals surface area contributed by atoms with Crippen LogP contribution in [0.15, 0.2) is 168 Å². The number of benzene rings is 7. The average molecular weight is 668 g/mol. The van der Waals surface area contributed by atoms with Gasteiger partial charge in [-0.25, -0.2) is 15.0 Å². The molecule has 52 heavy (non-hydrogen) atoms. The van der Waals surface area contributed by atoms with Crippen LogP contribution in [0.2, 0.25) is 0 Å². The van der Waals surface area contributed by atoms with Crippen LogP contribution in [0.25, 0.3) is 89.5 Å². The Morgan fingerprint density at radius 3 is 1.73 bits per heavy atom. The van der Waals surface area contributed by atoms with Gasteiger partial charge in [-0.1, -0.05) is 159 Å². The van der Waals surface area contributed by atoms with Crippen molar-refractivity contribution in [1.82, 2.24) is 15.0 Å². The number of furan rings is 1. The molecule has 0 saturated heterocycles. The monoisotopic (exact) mass is 667 g/mol. The zero-order chi connectivity index (χ0) is 34.8. The molecule has 0 aliphatic heterocycles. The number of fused-ring (bicyclic) bond motifs is 6. The van der Waals surface area contributed by atoms with E-state index >= 15 is 0 Å². The van der Waals surface area contributed by atoms with Gasteiger partial charge >= 0.3 is 0 Å². The van der Waals surface area contributed by atoms with E-state index in [1.54, 1.807) is 0 Å². The Balaban J connectivity index is 1.06. The van der Waals surface area contributed by atoms with Crippen molar-refractivity contribution in [2.45, 2.75) is 19.3 Å². The number of nitrogens with zero attached hydrogens (tertiary/aromatic N) is 3. The third-order valence-electron chi connectivity index (χ3n) is 10.6. The largest absolute Gasteiger partial charge is 0.456 e. The summed E-state index contributed by atoms with van der Waals surface area (Å²) in [5, 5.41) is 2.25. The summed E-state index contributed by atoms with van der Waals surface area (Å²) < 4.78 is 6.42. The maximum absolute atomic E-state index is 6.42. The first-order chi connectivity index (χ1) is 25.5. The van der Waals surface area contributed by atoms with Crippen LogP contribution in [0.5, 0.6) is 0 Å². The summed E-state index contributed by atoms with van der Waals surface area (Å²) in [6.07, 6.45) is 0. The van der Waals surface area contributed by atoms with E-state index < -0.39 is 0 Å².